The second-order valence-corrected chi connectivity index (χ2v) is 30.1. The number of hydrogen-bond acceptors (Lipinski definition) is 15. The maximum absolute atomic E-state index is 13.1. The summed E-state index contributed by atoms with van der Waals surface area (Å²) in [6.07, 6.45) is 55.3. The summed E-state index contributed by atoms with van der Waals surface area (Å²) in [6, 6.07) is 0. The van der Waals surface area contributed by atoms with E-state index in [1.807, 2.05) is 0 Å². The Kier molecular flexibility index (Phi) is 65.9. The summed E-state index contributed by atoms with van der Waals surface area (Å²) in [6.45, 7) is 7.28. The van der Waals surface area contributed by atoms with Gasteiger partial charge in [-0.1, -0.05) is 336 Å². The van der Waals surface area contributed by atoms with Gasteiger partial charge in [0.2, 0.25) is 0 Å². The van der Waals surface area contributed by atoms with Gasteiger partial charge in [0.25, 0.3) is 0 Å². The van der Waals surface area contributed by atoms with Gasteiger partial charge < -0.3 is 33.8 Å². The summed E-state index contributed by atoms with van der Waals surface area (Å²) < 4.78 is 68.5. The van der Waals surface area contributed by atoms with Crippen LogP contribution in [-0.2, 0) is 65.4 Å². The number of phosphoric acid groups is 2. The van der Waals surface area contributed by atoms with E-state index in [0.717, 1.165) is 95.8 Å². The van der Waals surface area contributed by atoms with E-state index in [1.165, 1.54) is 212 Å². The molecule has 0 aliphatic rings. The van der Waals surface area contributed by atoms with Gasteiger partial charge in [0, 0.05) is 25.7 Å². The molecule has 0 heterocycles. The predicted octanol–water partition coefficient (Wildman–Crippen LogP) is 21.7. The average Bonchev–Trinajstić information content (AvgIpc) is 2.15. The molecule has 0 aromatic carbocycles. The van der Waals surface area contributed by atoms with Crippen LogP contribution in [0, 0.1) is 5.92 Å². The maximum Gasteiger partial charge on any atom is 0.472 e. The van der Waals surface area contributed by atoms with E-state index >= 15 is 0 Å². The normalized spacial score (nSPS) is 14.0. The highest BCUT2D eigenvalue weighted by Gasteiger charge is 2.30. The zero-order valence-electron chi connectivity index (χ0n) is 60.4. The van der Waals surface area contributed by atoms with Crippen LogP contribution in [0.25, 0.3) is 0 Å². The van der Waals surface area contributed by atoms with E-state index < -0.39 is 97.5 Å². The molecule has 0 aromatic heterocycles. The largest absolute Gasteiger partial charge is 0.472 e. The third kappa shape index (κ3) is 68.4. The van der Waals surface area contributed by atoms with Crippen LogP contribution in [-0.4, -0.2) is 96.7 Å². The molecule has 0 saturated carbocycles. The zero-order valence-corrected chi connectivity index (χ0v) is 62.2. The molecule has 2 unspecified atom stereocenters. The Morgan fingerprint density at radius 2 is 0.495 bits per heavy atom. The van der Waals surface area contributed by atoms with Gasteiger partial charge in [-0.05, 0) is 31.6 Å². The van der Waals surface area contributed by atoms with Crippen molar-refractivity contribution < 1.29 is 80.2 Å². The van der Waals surface area contributed by atoms with Gasteiger partial charge in [-0.25, -0.2) is 9.13 Å². The molecule has 0 aliphatic carbocycles. The van der Waals surface area contributed by atoms with Crippen molar-refractivity contribution in [2.45, 2.75) is 406 Å². The Hall–Kier alpha value is -1.94. The van der Waals surface area contributed by atoms with Crippen LogP contribution in [0.1, 0.15) is 388 Å². The van der Waals surface area contributed by atoms with Crippen LogP contribution in [0.2, 0.25) is 0 Å². The highest BCUT2D eigenvalue weighted by atomic mass is 31.2. The molecule has 0 bridgehead atoms. The standard InChI is InChI=1S/C74H144O17P2/c1-6-9-12-15-18-21-24-26-27-28-30-33-40-45-50-55-60-74(79)91-70(64-85-72(77)58-53-48-43-38-35-34-36-41-46-51-56-67(4)5)66-89-93(82,83)87-62-68(75)61-86-92(80,81)88-65-69(63-84-71(76)57-52-47-42-37-31-23-20-17-14-11-8-3)90-73(78)59-54-49-44-39-32-29-25-22-19-16-13-10-7-2/h67-70,75H,6-66H2,1-5H3,(H,80,81)(H,82,83)/t68-,69+,70+/m0/s1. The lowest BCUT2D eigenvalue weighted by Gasteiger charge is -2.21. The van der Waals surface area contributed by atoms with E-state index in [0.29, 0.717) is 25.7 Å². The van der Waals surface area contributed by atoms with Crippen LogP contribution in [0.5, 0.6) is 0 Å². The second-order valence-electron chi connectivity index (χ2n) is 27.2. The van der Waals surface area contributed by atoms with Gasteiger partial charge >= 0.3 is 39.5 Å². The minimum absolute atomic E-state index is 0.108. The highest BCUT2D eigenvalue weighted by molar-refractivity contribution is 7.47. The lowest BCUT2D eigenvalue weighted by Crippen LogP contribution is -2.30. The Morgan fingerprint density at radius 1 is 0.290 bits per heavy atom. The van der Waals surface area contributed by atoms with Crippen molar-refractivity contribution >= 4 is 39.5 Å². The van der Waals surface area contributed by atoms with Crippen molar-refractivity contribution in [3.8, 4) is 0 Å². The summed E-state index contributed by atoms with van der Waals surface area (Å²) >= 11 is 0. The highest BCUT2D eigenvalue weighted by Crippen LogP contribution is 2.45. The van der Waals surface area contributed by atoms with E-state index in [-0.39, 0.29) is 25.7 Å². The number of aliphatic hydroxyl groups excluding tert-OH is 1. The molecule has 17 nitrogen and oxygen atoms in total. The van der Waals surface area contributed by atoms with Gasteiger partial charge in [-0.3, -0.25) is 37.3 Å². The van der Waals surface area contributed by atoms with Crippen LogP contribution < -0.4 is 0 Å². The summed E-state index contributed by atoms with van der Waals surface area (Å²) in [4.78, 5) is 72.7. The average molecular weight is 1370 g/mol. The van der Waals surface area contributed by atoms with Gasteiger partial charge in [0.15, 0.2) is 12.2 Å². The first-order valence-corrected chi connectivity index (χ1v) is 41.6. The zero-order chi connectivity index (χ0) is 68.4. The third-order valence-electron chi connectivity index (χ3n) is 17.3. The molecular formula is C74H144O17P2. The van der Waals surface area contributed by atoms with E-state index in [2.05, 4.69) is 34.6 Å². The number of phosphoric ester groups is 2. The fourth-order valence-electron chi connectivity index (χ4n) is 11.4. The van der Waals surface area contributed by atoms with Crippen molar-refractivity contribution in [2.24, 2.45) is 5.92 Å². The number of carbonyl (C=O) groups excluding carboxylic acids is 4. The molecule has 0 fully saturated rings. The van der Waals surface area contributed by atoms with E-state index in [4.69, 9.17) is 37.0 Å². The summed E-state index contributed by atoms with van der Waals surface area (Å²) in [7, 11) is -9.91. The fourth-order valence-corrected chi connectivity index (χ4v) is 12.9. The Balaban J connectivity index is 5.25. The minimum Gasteiger partial charge on any atom is -0.462 e. The molecule has 0 aliphatic heterocycles. The Labute approximate surface area is 568 Å². The van der Waals surface area contributed by atoms with Crippen molar-refractivity contribution in [3.05, 3.63) is 0 Å². The Bertz CT molecular complexity index is 1790. The molecule has 0 spiro atoms. The van der Waals surface area contributed by atoms with Gasteiger partial charge in [-0.15, -0.1) is 0 Å². The number of aliphatic hydroxyl groups is 1. The number of ether oxygens (including phenoxy) is 4. The lowest BCUT2D eigenvalue weighted by atomic mass is 10.0. The number of unbranched alkanes of at least 4 members (excludes halogenated alkanes) is 46. The molecular weight excluding hydrogens is 1220 g/mol. The van der Waals surface area contributed by atoms with Gasteiger partial charge in [-0.2, -0.15) is 0 Å². The lowest BCUT2D eigenvalue weighted by molar-refractivity contribution is -0.161. The second kappa shape index (κ2) is 67.3. The molecule has 3 N–H and O–H groups in total. The summed E-state index contributed by atoms with van der Waals surface area (Å²) in [5.41, 5.74) is 0. The molecule has 0 aromatic rings. The number of carbonyl (C=O) groups is 4. The first-order chi connectivity index (χ1) is 45.0. The fraction of sp³-hybridized carbons (Fsp3) is 0.946. The Morgan fingerprint density at radius 3 is 0.731 bits per heavy atom. The summed E-state index contributed by atoms with van der Waals surface area (Å²) in [5.74, 6) is -1.35. The van der Waals surface area contributed by atoms with Gasteiger partial charge in [0.1, 0.15) is 19.3 Å². The van der Waals surface area contributed by atoms with E-state index in [9.17, 15) is 43.2 Å². The van der Waals surface area contributed by atoms with Crippen LogP contribution in [0.3, 0.4) is 0 Å². The van der Waals surface area contributed by atoms with Crippen LogP contribution >= 0.6 is 15.6 Å². The van der Waals surface area contributed by atoms with Gasteiger partial charge in [0.05, 0.1) is 26.4 Å². The molecule has 0 amide bonds. The smallest absolute Gasteiger partial charge is 0.462 e. The first-order valence-electron chi connectivity index (χ1n) is 38.6. The van der Waals surface area contributed by atoms with Crippen molar-refractivity contribution in [3.63, 3.8) is 0 Å². The van der Waals surface area contributed by atoms with Crippen LogP contribution in [0.15, 0.2) is 0 Å². The van der Waals surface area contributed by atoms with Crippen molar-refractivity contribution in [1.29, 1.82) is 0 Å². The predicted molar refractivity (Wildman–Crippen MR) is 377 cm³/mol. The minimum atomic E-state index is -4.95. The van der Waals surface area contributed by atoms with Crippen LogP contribution in [0.4, 0.5) is 0 Å². The monoisotopic (exact) mass is 1370 g/mol. The molecule has 0 saturated heterocycles. The van der Waals surface area contributed by atoms with E-state index in [1.54, 1.807) is 0 Å². The first kappa shape index (κ1) is 91.1. The third-order valence-corrected chi connectivity index (χ3v) is 19.2. The molecule has 0 rings (SSSR count). The summed E-state index contributed by atoms with van der Waals surface area (Å²) in [5, 5.41) is 10.6. The number of hydrogen-bond donors (Lipinski definition) is 3. The van der Waals surface area contributed by atoms with Crippen molar-refractivity contribution in [1.82, 2.24) is 0 Å². The number of rotatable bonds is 74. The molecule has 5 atom stereocenters. The molecule has 552 valence electrons. The molecule has 93 heavy (non-hydrogen) atoms. The quantitative estimate of drug-likeness (QED) is 0.0222. The van der Waals surface area contributed by atoms with Crippen molar-refractivity contribution in [2.75, 3.05) is 39.6 Å². The molecule has 19 heteroatoms. The maximum atomic E-state index is 13.1. The topological polar surface area (TPSA) is 237 Å². The SMILES string of the molecule is CCCCCCCCCCCCCCCCCCC(=O)O[C@H](COC(=O)CCCCCCCCCCCCC(C)C)COP(=O)(O)OC[C@@H](O)COP(=O)(O)OC[C@@H](COC(=O)CCCCCCCCCCCCC)OC(=O)CCCCCCCCCCCCCCC. The molecule has 0 radical (unpaired) electrons. The number of esters is 4.